The highest BCUT2D eigenvalue weighted by atomic mass is 35.5. The van der Waals surface area contributed by atoms with Crippen molar-refractivity contribution >= 4 is 35.3 Å². The Kier molecular flexibility index (Phi) is 4.42. The van der Waals surface area contributed by atoms with Crippen LogP contribution in [-0.4, -0.2) is 29.4 Å². The van der Waals surface area contributed by atoms with E-state index in [0.29, 0.717) is 9.90 Å². The molecule has 1 aromatic carbocycles. The maximum Gasteiger partial charge on any atom is 0.407 e. The van der Waals surface area contributed by atoms with Crippen molar-refractivity contribution in [2.45, 2.75) is 6.04 Å². The number of hydrogen-bond donors (Lipinski definition) is 1. The molecule has 0 fully saturated rings. The summed E-state index contributed by atoms with van der Waals surface area (Å²) >= 11 is 7.26. The summed E-state index contributed by atoms with van der Waals surface area (Å²) < 4.78 is 0. The molecule has 0 spiro atoms. The van der Waals surface area contributed by atoms with E-state index in [0.717, 1.165) is 17.4 Å². The van der Waals surface area contributed by atoms with Crippen molar-refractivity contribution in [2.24, 2.45) is 0 Å². The van der Waals surface area contributed by atoms with Crippen LogP contribution in [0.15, 0.2) is 35.7 Å². The monoisotopic (exact) mass is 309 g/mol. The average molecular weight is 310 g/mol. The molecule has 1 unspecified atom stereocenters. The Morgan fingerprint density at radius 2 is 2.15 bits per heavy atom. The number of benzene rings is 1. The van der Waals surface area contributed by atoms with Crippen LogP contribution < -0.4 is 0 Å². The van der Waals surface area contributed by atoms with Crippen molar-refractivity contribution < 1.29 is 14.7 Å². The Labute approximate surface area is 125 Å². The van der Waals surface area contributed by atoms with E-state index < -0.39 is 12.1 Å². The molecule has 0 bridgehead atoms. The van der Waals surface area contributed by atoms with Gasteiger partial charge in [-0.3, -0.25) is 4.79 Å². The zero-order chi connectivity index (χ0) is 14.7. The molecule has 0 saturated heterocycles. The van der Waals surface area contributed by atoms with E-state index in [-0.39, 0.29) is 0 Å². The van der Waals surface area contributed by atoms with Gasteiger partial charge in [0.15, 0.2) is 6.29 Å². The molecular weight excluding hydrogens is 298 g/mol. The van der Waals surface area contributed by atoms with Crippen LogP contribution in [0.25, 0.3) is 0 Å². The van der Waals surface area contributed by atoms with Crippen LogP contribution >= 0.6 is 22.9 Å². The Morgan fingerprint density at radius 1 is 1.40 bits per heavy atom. The van der Waals surface area contributed by atoms with Crippen molar-refractivity contribution in [1.82, 2.24) is 4.90 Å². The third-order valence-electron chi connectivity index (χ3n) is 2.93. The predicted octanol–water partition coefficient (Wildman–Crippen LogP) is 3.91. The summed E-state index contributed by atoms with van der Waals surface area (Å²) in [5, 5.41) is 11.6. The lowest BCUT2D eigenvalue weighted by molar-refractivity contribution is 0.112. The maximum absolute atomic E-state index is 11.3. The van der Waals surface area contributed by atoms with Crippen LogP contribution in [0.2, 0.25) is 5.02 Å². The SMILES string of the molecule is CN(C(=O)O)C(c1cccc(Cl)c1)c1csc(C=O)c1. The Morgan fingerprint density at radius 3 is 2.70 bits per heavy atom. The number of aldehydes is 1. The first kappa shape index (κ1) is 14.6. The number of carbonyl (C=O) groups is 2. The summed E-state index contributed by atoms with van der Waals surface area (Å²) in [5.74, 6) is 0. The highest BCUT2D eigenvalue weighted by Crippen LogP contribution is 2.31. The summed E-state index contributed by atoms with van der Waals surface area (Å²) in [4.78, 5) is 23.8. The minimum absolute atomic E-state index is 0.490. The van der Waals surface area contributed by atoms with Gasteiger partial charge in [-0.2, -0.15) is 0 Å². The number of carboxylic acid groups (broad SMARTS) is 1. The lowest BCUT2D eigenvalue weighted by Crippen LogP contribution is -2.30. The molecule has 0 aliphatic heterocycles. The minimum Gasteiger partial charge on any atom is -0.465 e. The first-order chi connectivity index (χ1) is 9.52. The number of halogens is 1. The third kappa shape index (κ3) is 3.00. The summed E-state index contributed by atoms with van der Waals surface area (Å²) in [7, 11) is 1.49. The van der Waals surface area contributed by atoms with Gasteiger partial charge in [-0.1, -0.05) is 23.7 Å². The zero-order valence-corrected chi connectivity index (χ0v) is 12.2. The second-order valence-electron chi connectivity index (χ2n) is 4.25. The molecule has 1 aromatic heterocycles. The number of carbonyl (C=O) groups excluding carboxylic acids is 1. The van der Waals surface area contributed by atoms with E-state index in [1.54, 1.807) is 29.6 Å². The van der Waals surface area contributed by atoms with Gasteiger partial charge in [0, 0.05) is 12.1 Å². The molecule has 2 rings (SSSR count). The van der Waals surface area contributed by atoms with E-state index in [9.17, 15) is 14.7 Å². The molecule has 0 aliphatic rings. The minimum atomic E-state index is -1.05. The second-order valence-corrected chi connectivity index (χ2v) is 5.63. The molecule has 6 heteroatoms. The van der Waals surface area contributed by atoms with E-state index in [4.69, 9.17) is 11.6 Å². The first-order valence-corrected chi connectivity index (χ1v) is 7.03. The smallest absolute Gasteiger partial charge is 0.407 e. The van der Waals surface area contributed by atoms with Gasteiger partial charge < -0.3 is 10.0 Å². The predicted molar refractivity (Wildman–Crippen MR) is 78.8 cm³/mol. The zero-order valence-electron chi connectivity index (χ0n) is 10.6. The molecule has 1 atom stereocenters. The van der Waals surface area contributed by atoms with Gasteiger partial charge in [-0.25, -0.2) is 4.79 Å². The first-order valence-electron chi connectivity index (χ1n) is 5.77. The van der Waals surface area contributed by atoms with E-state index in [1.165, 1.54) is 23.3 Å². The van der Waals surface area contributed by atoms with E-state index in [1.807, 2.05) is 6.07 Å². The van der Waals surface area contributed by atoms with Crippen LogP contribution in [-0.2, 0) is 0 Å². The molecule has 104 valence electrons. The van der Waals surface area contributed by atoms with Gasteiger partial charge in [-0.15, -0.1) is 11.3 Å². The Bertz CT molecular complexity index is 641. The number of amides is 1. The molecule has 4 nitrogen and oxygen atoms in total. The third-order valence-corrected chi connectivity index (χ3v) is 4.04. The van der Waals surface area contributed by atoms with Gasteiger partial charge in [0.2, 0.25) is 0 Å². The number of rotatable bonds is 4. The van der Waals surface area contributed by atoms with Crippen LogP contribution in [0.3, 0.4) is 0 Å². The summed E-state index contributed by atoms with van der Waals surface area (Å²) in [5.41, 5.74) is 1.52. The van der Waals surface area contributed by atoms with Crippen LogP contribution in [0.4, 0.5) is 4.79 Å². The van der Waals surface area contributed by atoms with Crippen molar-refractivity contribution in [3.05, 3.63) is 56.7 Å². The van der Waals surface area contributed by atoms with Crippen LogP contribution in [0, 0.1) is 0 Å². The van der Waals surface area contributed by atoms with Crippen LogP contribution in [0.5, 0.6) is 0 Å². The normalized spacial score (nSPS) is 11.9. The van der Waals surface area contributed by atoms with Gasteiger partial charge >= 0.3 is 6.09 Å². The quantitative estimate of drug-likeness (QED) is 0.871. The van der Waals surface area contributed by atoms with Gasteiger partial charge in [0.05, 0.1) is 10.9 Å². The maximum atomic E-state index is 11.3. The molecule has 1 heterocycles. The number of hydrogen-bond acceptors (Lipinski definition) is 3. The molecule has 1 amide bonds. The summed E-state index contributed by atoms with van der Waals surface area (Å²) in [6.07, 6.45) is -0.293. The standard InChI is InChI=1S/C14H12ClNO3S/c1-16(14(18)19)13(9-3-2-4-11(15)5-9)10-6-12(7-17)20-8-10/h2-8,13H,1H3,(H,18,19). The second kappa shape index (κ2) is 6.07. The molecule has 2 aromatic rings. The number of nitrogens with zero attached hydrogens (tertiary/aromatic N) is 1. The fourth-order valence-electron chi connectivity index (χ4n) is 2.00. The molecule has 1 N–H and O–H groups in total. The molecule has 0 aliphatic carbocycles. The van der Waals surface area contributed by atoms with Crippen molar-refractivity contribution in [3.8, 4) is 0 Å². The fraction of sp³-hybridized carbons (Fsp3) is 0.143. The molecule has 0 saturated carbocycles. The highest BCUT2D eigenvalue weighted by molar-refractivity contribution is 7.11. The fourth-order valence-corrected chi connectivity index (χ4v) is 2.93. The van der Waals surface area contributed by atoms with Crippen molar-refractivity contribution in [3.63, 3.8) is 0 Å². The lowest BCUT2D eigenvalue weighted by Gasteiger charge is -2.25. The topological polar surface area (TPSA) is 57.6 Å². The molecule has 20 heavy (non-hydrogen) atoms. The Balaban J connectivity index is 2.49. The summed E-state index contributed by atoms with van der Waals surface area (Å²) in [6, 6.07) is 8.25. The highest BCUT2D eigenvalue weighted by Gasteiger charge is 2.24. The molecule has 0 radical (unpaired) electrons. The van der Waals surface area contributed by atoms with E-state index >= 15 is 0 Å². The van der Waals surface area contributed by atoms with Crippen molar-refractivity contribution in [1.29, 1.82) is 0 Å². The Hall–Kier alpha value is -1.85. The van der Waals surface area contributed by atoms with Gasteiger partial charge in [0.1, 0.15) is 0 Å². The lowest BCUT2D eigenvalue weighted by atomic mass is 10.00. The van der Waals surface area contributed by atoms with Crippen LogP contribution in [0.1, 0.15) is 26.8 Å². The summed E-state index contributed by atoms with van der Waals surface area (Å²) in [6.45, 7) is 0. The van der Waals surface area contributed by atoms with Crippen molar-refractivity contribution in [2.75, 3.05) is 7.05 Å². The van der Waals surface area contributed by atoms with Gasteiger partial charge in [0.25, 0.3) is 0 Å². The van der Waals surface area contributed by atoms with Gasteiger partial charge in [-0.05, 0) is 34.7 Å². The largest absolute Gasteiger partial charge is 0.465 e. The average Bonchev–Trinajstić information content (AvgIpc) is 2.87. The molecular formula is C14H12ClNO3S. The number of thiophene rings is 1. The van der Waals surface area contributed by atoms with E-state index in [2.05, 4.69) is 0 Å².